The fraction of sp³-hybridized carbons (Fsp3) is 0.200. The number of carbonyl (C=O) groups is 1. The molecule has 0 aliphatic heterocycles. The third-order valence-corrected chi connectivity index (χ3v) is 6.67. The summed E-state index contributed by atoms with van der Waals surface area (Å²) in [7, 11) is 0. The number of aromatic nitrogens is 2. The van der Waals surface area contributed by atoms with Crippen molar-refractivity contribution in [3.8, 4) is 5.75 Å². The van der Waals surface area contributed by atoms with Crippen LogP contribution in [-0.4, -0.2) is 27.7 Å². The van der Waals surface area contributed by atoms with E-state index in [2.05, 4.69) is 9.97 Å². The second-order valence-corrected chi connectivity index (χ2v) is 9.00. The quantitative estimate of drug-likeness (QED) is 0.290. The third kappa shape index (κ3) is 5.04. The van der Waals surface area contributed by atoms with Crippen molar-refractivity contribution in [2.24, 2.45) is 0 Å². The summed E-state index contributed by atoms with van der Waals surface area (Å²) in [4.78, 5) is 19.1. The molecule has 4 rings (SSSR count). The Labute approximate surface area is 198 Å². The first-order valence-corrected chi connectivity index (χ1v) is 11.2. The van der Waals surface area contributed by atoms with Crippen molar-refractivity contribution in [2.45, 2.75) is 30.2 Å². The highest BCUT2D eigenvalue weighted by atomic mass is 32.2. The summed E-state index contributed by atoms with van der Waals surface area (Å²) in [5.74, 6) is -0.641. The third-order valence-electron chi connectivity index (χ3n) is 5.40. The SMILES string of the molecule is Cc1cc(SC(c2cc(C(F)(F)F)ccc2C)c2cccc3[nH]cnc23)ccc1OCC(=O)O. The number of nitrogens with zero attached hydrogens (tertiary/aromatic N) is 1. The Kier molecular flexibility index (Phi) is 6.56. The summed E-state index contributed by atoms with van der Waals surface area (Å²) in [5, 5.41) is 8.38. The number of H-pyrrole nitrogens is 1. The van der Waals surface area contributed by atoms with Crippen LogP contribution < -0.4 is 4.74 Å². The zero-order valence-corrected chi connectivity index (χ0v) is 19.1. The standard InChI is InChI=1S/C25H21F3N2O3S/c1-14-6-7-16(25(26,27)28)11-19(14)24(18-4-3-5-20-23(18)30-13-29-20)34-17-8-9-21(15(2)10-17)33-12-22(31)32/h3-11,13,24H,12H2,1-2H3,(H,29,30)(H,31,32). The highest BCUT2D eigenvalue weighted by Crippen LogP contribution is 2.45. The van der Waals surface area contributed by atoms with Crippen LogP contribution in [0, 0.1) is 13.8 Å². The highest BCUT2D eigenvalue weighted by molar-refractivity contribution is 7.99. The van der Waals surface area contributed by atoms with E-state index in [-0.39, 0.29) is 0 Å². The molecule has 34 heavy (non-hydrogen) atoms. The van der Waals surface area contributed by atoms with E-state index in [4.69, 9.17) is 9.84 Å². The molecular formula is C25H21F3N2O3S. The molecule has 1 heterocycles. The Balaban J connectivity index is 1.80. The minimum atomic E-state index is -4.46. The van der Waals surface area contributed by atoms with Crippen molar-refractivity contribution in [3.05, 3.63) is 88.7 Å². The van der Waals surface area contributed by atoms with E-state index in [1.165, 1.54) is 23.9 Å². The number of carboxylic acid groups (broad SMARTS) is 1. The molecule has 2 N–H and O–H groups in total. The van der Waals surface area contributed by atoms with Crippen molar-refractivity contribution in [3.63, 3.8) is 0 Å². The van der Waals surface area contributed by atoms with Crippen molar-refractivity contribution in [2.75, 3.05) is 6.61 Å². The Morgan fingerprint density at radius 3 is 2.59 bits per heavy atom. The molecule has 5 nitrogen and oxygen atoms in total. The Morgan fingerprint density at radius 1 is 1.09 bits per heavy atom. The average Bonchev–Trinajstić information content (AvgIpc) is 3.26. The van der Waals surface area contributed by atoms with Crippen LogP contribution in [0.25, 0.3) is 11.0 Å². The summed E-state index contributed by atoms with van der Waals surface area (Å²) >= 11 is 1.40. The fourth-order valence-corrected chi connectivity index (χ4v) is 5.09. The summed E-state index contributed by atoms with van der Waals surface area (Å²) < 4.78 is 45.9. The van der Waals surface area contributed by atoms with E-state index < -0.39 is 29.6 Å². The predicted molar refractivity (Wildman–Crippen MR) is 124 cm³/mol. The zero-order chi connectivity index (χ0) is 24.5. The van der Waals surface area contributed by atoms with Crippen LogP contribution in [0.4, 0.5) is 13.2 Å². The molecule has 1 unspecified atom stereocenters. The van der Waals surface area contributed by atoms with Crippen molar-refractivity contribution in [1.29, 1.82) is 0 Å². The maximum atomic E-state index is 13.5. The molecule has 0 saturated carbocycles. The van der Waals surface area contributed by atoms with Gasteiger partial charge in [0, 0.05) is 4.90 Å². The smallest absolute Gasteiger partial charge is 0.416 e. The summed E-state index contributed by atoms with van der Waals surface area (Å²) in [5.41, 5.74) is 3.56. The van der Waals surface area contributed by atoms with Crippen molar-refractivity contribution >= 4 is 28.8 Å². The summed E-state index contributed by atoms with van der Waals surface area (Å²) in [6.07, 6.45) is -2.90. The van der Waals surface area contributed by atoms with Gasteiger partial charge in [0.25, 0.3) is 0 Å². The van der Waals surface area contributed by atoms with Gasteiger partial charge in [-0.15, -0.1) is 11.8 Å². The van der Waals surface area contributed by atoms with Crippen LogP contribution >= 0.6 is 11.8 Å². The molecule has 0 radical (unpaired) electrons. The minimum Gasteiger partial charge on any atom is -0.482 e. The molecule has 1 aromatic heterocycles. The lowest BCUT2D eigenvalue weighted by Gasteiger charge is -2.22. The van der Waals surface area contributed by atoms with E-state index in [1.54, 1.807) is 32.3 Å². The molecule has 4 aromatic rings. The first-order valence-electron chi connectivity index (χ1n) is 10.3. The molecule has 0 aliphatic carbocycles. The number of carboxylic acids is 1. The minimum absolute atomic E-state index is 0.438. The van der Waals surface area contributed by atoms with Gasteiger partial charge in [-0.3, -0.25) is 0 Å². The molecule has 1 atom stereocenters. The maximum Gasteiger partial charge on any atom is 0.416 e. The lowest BCUT2D eigenvalue weighted by Crippen LogP contribution is -2.10. The monoisotopic (exact) mass is 486 g/mol. The number of rotatable bonds is 7. The zero-order valence-electron chi connectivity index (χ0n) is 18.3. The van der Waals surface area contributed by atoms with Gasteiger partial charge in [0.15, 0.2) is 6.61 Å². The molecule has 0 amide bonds. The van der Waals surface area contributed by atoms with Crippen molar-refractivity contribution in [1.82, 2.24) is 9.97 Å². The predicted octanol–water partition coefficient (Wildman–Crippen LogP) is 6.54. The van der Waals surface area contributed by atoms with E-state index >= 15 is 0 Å². The van der Waals surface area contributed by atoms with E-state index in [0.717, 1.165) is 33.2 Å². The van der Waals surface area contributed by atoms with Crippen LogP contribution in [0.5, 0.6) is 5.75 Å². The molecule has 0 saturated heterocycles. The lowest BCUT2D eigenvalue weighted by molar-refractivity contribution is -0.139. The van der Waals surface area contributed by atoms with Crippen LogP contribution in [-0.2, 0) is 11.0 Å². The van der Waals surface area contributed by atoms with Gasteiger partial charge in [-0.25, -0.2) is 9.78 Å². The second kappa shape index (κ2) is 9.42. The number of nitrogens with one attached hydrogen (secondary N) is 1. The second-order valence-electron chi connectivity index (χ2n) is 7.82. The van der Waals surface area contributed by atoms with Crippen LogP contribution in [0.3, 0.4) is 0 Å². The molecule has 0 bridgehead atoms. The van der Waals surface area contributed by atoms with Gasteiger partial charge < -0.3 is 14.8 Å². The number of imidazole rings is 1. The Bertz CT molecular complexity index is 1350. The molecule has 0 fully saturated rings. The number of alkyl halides is 3. The number of halogens is 3. The number of aryl methyl sites for hydroxylation is 2. The number of aromatic amines is 1. The van der Waals surface area contributed by atoms with Gasteiger partial charge in [0.2, 0.25) is 0 Å². The Morgan fingerprint density at radius 2 is 1.88 bits per heavy atom. The van der Waals surface area contributed by atoms with Gasteiger partial charge in [0.1, 0.15) is 5.75 Å². The first-order chi connectivity index (χ1) is 16.1. The first kappa shape index (κ1) is 23.7. The van der Waals surface area contributed by atoms with Gasteiger partial charge in [-0.2, -0.15) is 13.2 Å². The Hall–Kier alpha value is -3.46. The number of hydrogen-bond acceptors (Lipinski definition) is 4. The highest BCUT2D eigenvalue weighted by Gasteiger charge is 2.32. The number of para-hydroxylation sites is 1. The summed E-state index contributed by atoms with van der Waals surface area (Å²) in [6.45, 7) is 3.13. The van der Waals surface area contributed by atoms with Gasteiger partial charge >= 0.3 is 12.1 Å². The van der Waals surface area contributed by atoms with E-state index in [0.29, 0.717) is 16.8 Å². The summed E-state index contributed by atoms with van der Waals surface area (Å²) in [6, 6.07) is 14.7. The van der Waals surface area contributed by atoms with Gasteiger partial charge in [0.05, 0.1) is 28.2 Å². The lowest BCUT2D eigenvalue weighted by atomic mass is 9.96. The molecular weight excluding hydrogens is 465 g/mol. The molecule has 9 heteroatoms. The number of thioether (sulfide) groups is 1. The largest absolute Gasteiger partial charge is 0.482 e. The number of aliphatic carboxylic acids is 1. The van der Waals surface area contributed by atoms with Crippen molar-refractivity contribution < 1.29 is 27.8 Å². The molecule has 0 aliphatic rings. The molecule has 176 valence electrons. The normalized spacial score (nSPS) is 12.6. The number of ether oxygens (including phenoxy) is 1. The van der Waals surface area contributed by atoms with Gasteiger partial charge in [-0.1, -0.05) is 18.2 Å². The van der Waals surface area contributed by atoms with E-state index in [1.807, 2.05) is 24.3 Å². The number of fused-ring (bicyclic) bond motifs is 1. The van der Waals surface area contributed by atoms with E-state index in [9.17, 15) is 18.0 Å². The van der Waals surface area contributed by atoms with Gasteiger partial charge in [-0.05, 0) is 72.5 Å². The van der Waals surface area contributed by atoms with Crippen LogP contribution in [0.15, 0.2) is 65.8 Å². The molecule has 3 aromatic carbocycles. The maximum absolute atomic E-state index is 13.5. The number of benzene rings is 3. The topological polar surface area (TPSA) is 75.2 Å². The average molecular weight is 487 g/mol. The van der Waals surface area contributed by atoms with Crippen LogP contribution in [0.2, 0.25) is 0 Å². The number of hydrogen-bond donors (Lipinski definition) is 2. The molecule has 0 spiro atoms. The van der Waals surface area contributed by atoms with Crippen LogP contribution in [0.1, 0.15) is 33.1 Å². The fourth-order valence-electron chi connectivity index (χ4n) is 3.73.